The summed E-state index contributed by atoms with van der Waals surface area (Å²) < 4.78 is 27.1. The first-order valence-corrected chi connectivity index (χ1v) is 9.56. The van der Waals surface area contributed by atoms with Gasteiger partial charge >= 0.3 is 0 Å². The quantitative estimate of drug-likeness (QED) is 0.724. The van der Waals surface area contributed by atoms with Crippen molar-refractivity contribution in [1.29, 1.82) is 0 Å². The second kappa shape index (κ2) is 7.23. The smallest absolute Gasteiger partial charge is 0.241 e. The molecule has 1 amide bonds. The van der Waals surface area contributed by atoms with Crippen molar-refractivity contribution in [3.8, 4) is 0 Å². The number of hydrogen-bond donors (Lipinski definition) is 2. The molecule has 134 valence electrons. The second-order valence-electron chi connectivity index (χ2n) is 6.00. The zero-order valence-electron chi connectivity index (χ0n) is 14.5. The van der Waals surface area contributed by atoms with Crippen LogP contribution in [0.25, 0.3) is 10.9 Å². The molecule has 3 aromatic rings. The van der Waals surface area contributed by atoms with Crippen molar-refractivity contribution < 1.29 is 13.2 Å². The van der Waals surface area contributed by atoms with Gasteiger partial charge in [-0.25, -0.2) is 13.1 Å². The number of rotatable bonds is 5. The van der Waals surface area contributed by atoms with Crippen LogP contribution < -0.4 is 10.0 Å². The molecule has 6 nitrogen and oxygen atoms in total. The molecule has 0 spiro atoms. The predicted octanol–water partition coefficient (Wildman–Crippen LogP) is 2.77. The molecule has 2 N–H and O–H groups in total. The Balaban J connectivity index is 1.71. The molecule has 0 fully saturated rings. The summed E-state index contributed by atoms with van der Waals surface area (Å²) in [6, 6.07) is 14.0. The summed E-state index contributed by atoms with van der Waals surface area (Å²) in [6.45, 7) is 3.39. The zero-order valence-corrected chi connectivity index (χ0v) is 15.3. The summed E-state index contributed by atoms with van der Waals surface area (Å²) in [6.07, 6.45) is 1.64. The Hall–Kier alpha value is -2.77. The van der Waals surface area contributed by atoms with Crippen LogP contribution in [-0.2, 0) is 14.8 Å². The number of aryl methyl sites for hydroxylation is 2. The number of hydrogen-bond acceptors (Lipinski definition) is 4. The summed E-state index contributed by atoms with van der Waals surface area (Å²) in [5, 5.41) is 3.59. The molecular formula is C19H19N3O3S. The van der Waals surface area contributed by atoms with Crippen molar-refractivity contribution in [3.63, 3.8) is 0 Å². The van der Waals surface area contributed by atoms with E-state index in [4.69, 9.17) is 0 Å². The number of aromatic nitrogens is 1. The standard InChI is InChI=1S/C19H19N3O3S/c1-13-8-9-16(11-14(13)2)26(24,25)21-12-18(23)22-17-7-3-5-15-6-4-10-20-19(15)17/h3-11,21H,12H2,1-2H3,(H,22,23). The fourth-order valence-corrected chi connectivity index (χ4v) is 3.59. The number of nitrogens with zero attached hydrogens (tertiary/aromatic N) is 1. The molecule has 0 radical (unpaired) electrons. The highest BCUT2D eigenvalue weighted by Crippen LogP contribution is 2.20. The molecule has 0 aliphatic carbocycles. The van der Waals surface area contributed by atoms with E-state index in [1.54, 1.807) is 30.5 Å². The Bertz CT molecular complexity index is 1070. The van der Waals surface area contributed by atoms with Gasteiger partial charge in [-0.1, -0.05) is 24.3 Å². The summed E-state index contributed by atoms with van der Waals surface area (Å²) in [5.74, 6) is -0.462. The lowest BCUT2D eigenvalue weighted by Crippen LogP contribution is -2.33. The number of benzene rings is 2. The number of carbonyl (C=O) groups is 1. The molecular weight excluding hydrogens is 350 g/mol. The number of sulfonamides is 1. The molecule has 7 heteroatoms. The molecule has 2 aromatic carbocycles. The van der Waals surface area contributed by atoms with E-state index in [1.807, 2.05) is 32.0 Å². The number of pyridine rings is 1. The Labute approximate surface area is 152 Å². The third-order valence-electron chi connectivity index (χ3n) is 4.12. The van der Waals surface area contributed by atoms with Crippen molar-refractivity contribution in [1.82, 2.24) is 9.71 Å². The van der Waals surface area contributed by atoms with Crippen LogP contribution in [0.3, 0.4) is 0 Å². The van der Waals surface area contributed by atoms with E-state index >= 15 is 0 Å². The maximum atomic E-state index is 12.4. The Morgan fingerprint density at radius 3 is 2.58 bits per heavy atom. The van der Waals surface area contributed by atoms with Crippen LogP contribution in [0.2, 0.25) is 0 Å². The fourth-order valence-electron chi connectivity index (χ4n) is 2.52. The lowest BCUT2D eigenvalue weighted by Gasteiger charge is -2.10. The van der Waals surface area contributed by atoms with E-state index in [0.29, 0.717) is 11.2 Å². The average molecular weight is 369 g/mol. The largest absolute Gasteiger partial charge is 0.323 e. The summed E-state index contributed by atoms with van der Waals surface area (Å²) in [7, 11) is -3.76. The maximum absolute atomic E-state index is 12.4. The molecule has 0 aliphatic rings. The molecule has 0 saturated heterocycles. The van der Waals surface area contributed by atoms with Crippen LogP contribution >= 0.6 is 0 Å². The van der Waals surface area contributed by atoms with Crippen LogP contribution in [0.4, 0.5) is 5.69 Å². The van der Waals surface area contributed by atoms with Crippen LogP contribution in [0.15, 0.2) is 59.6 Å². The van der Waals surface area contributed by atoms with Gasteiger partial charge in [0.1, 0.15) is 0 Å². The molecule has 0 bridgehead atoms. The van der Waals surface area contributed by atoms with E-state index in [0.717, 1.165) is 16.5 Å². The Morgan fingerprint density at radius 1 is 1.04 bits per heavy atom. The molecule has 3 rings (SSSR count). The molecule has 0 aliphatic heterocycles. The summed E-state index contributed by atoms with van der Waals surface area (Å²) in [5.41, 5.74) is 3.07. The Morgan fingerprint density at radius 2 is 1.81 bits per heavy atom. The Kier molecular flexibility index (Phi) is 5.01. The summed E-state index contributed by atoms with van der Waals surface area (Å²) >= 11 is 0. The van der Waals surface area contributed by atoms with Crippen LogP contribution in [-0.4, -0.2) is 25.9 Å². The molecule has 0 atom stereocenters. The third kappa shape index (κ3) is 3.89. The normalized spacial score (nSPS) is 11.5. The number of anilines is 1. The number of amides is 1. The van der Waals surface area contributed by atoms with Crippen molar-refractivity contribution in [2.24, 2.45) is 0 Å². The van der Waals surface area contributed by atoms with E-state index in [-0.39, 0.29) is 11.4 Å². The lowest BCUT2D eigenvalue weighted by atomic mass is 10.1. The first-order valence-electron chi connectivity index (χ1n) is 8.07. The van der Waals surface area contributed by atoms with Gasteiger partial charge in [0.15, 0.2) is 0 Å². The molecule has 0 saturated carbocycles. The number of carbonyl (C=O) groups excluding carboxylic acids is 1. The van der Waals surface area contributed by atoms with E-state index < -0.39 is 15.9 Å². The highest BCUT2D eigenvalue weighted by Gasteiger charge is 2.16. The van der Waals surface area contributed by atoms with Gasteiger partial charge in [0.2, 0.25) is 15.9 Å². The van der Waals surface area contributed by atoms with Gasteiger partial charge in [-0.15, -0.1) is 0 Å². The maximum Gasteiger partial charge on any atom is 0.241 e. The van der Waals surface area contributed by atoms with Gasteiger partial charge in [-0.3, -0.25) is 9.78 Å². The van der Waals surface area contributed by atoms with Crippen LogP contribution in [0, 0.1) is 13.8 Å². The van der Waals surface area contributed by atoms with Crippen LogP contribution in [0.5, 0.6) is 0 Å². The van der Waals surface area contributed by atoms with Gasteiger partial charge in [0.25, 0.3) is 0 Å². The highest BCUT2D eigenvalue weighted by molar-refractivity contribution is 7.89. The SMILES string of the molecule is Cc1ccc(S(=O)(=O)NCC(=O)Nc2cccc3cccnc23)cc1C. The topological polar surface area (TPSA) is 88.2 Å². The molecule has 0 unspecified atom stereocenters. The lowest BCUT2D eigenvalue weighted by molar-refractivity contribution is -0.115. The van der Waals surface area contributed by atoms with Gasteiger partial charge in [0.05, 0.1) is 22.6 Å². The minimum Gasteiger partial charge on any atom is -0.323 e. The van der Waals surface area contributed by atoms with Gasteiger partial charge < -0.3 is 5.32 Å². The van der Waals surface area contributed by atoms with E-state index in [2.05, 4.69) is 15.0 Å². The van der Waals surface area contributed by atoms with E-state index in [1.165, 1.54) is 6.07 Å². The third-order valence-corrected chi connectivity index (χ3v) is 5.52. The van der Waals surface area contributed by atoms with Crippen molar-refractivity contribution in [2.45, 2.75) is 18.7 Å². The van der Waals surface area contributed by atoms with Gasteiger partial charge in [-0.2, -0.15) is 0 Å². The van der Waals surface area contributed by atoms with Crippen molar-refractivity contribution >= 4 is 32.5 Å². The highest BCUT2D eigenvalue weighted by atomic mass is 32.2. The monoisotopic (exact) mass is 369 g/mol. The molecule has 26 heavy (non-hydrogen) atoms. The first kappa shape index (κ1) is 18.0. The van der Waals surface area contributed by atoms with Gasteiger partial charge in [-0.05, 0) is 49.2 Å². The number of nitrogens with one attached hydrogen (secondary N) is 2. The first-order chi connectivity index (χ1) is 12.4. The zero-order chi connectivity index (χ0) is 18.7. The van der Waals surface area contributed by atoms with Crippen molar-refractivity contribution in [2.75, 3.05) is 11.9 Å². The number of para-hydroxylation sites is 1. The minimum atomic E-state index is -3.76. The van der Waals surface area contributed by atoms with Crippen LogP contribution in [0.1, 0.15) is 11.1 Å². The predicted molar refractivity (Wildman–Crippen MR) is 101 cm³/mol. The fraction of sp³-hybridized carbons (Fsp3) is 0.158. The average Bonchev–Trinajstić information content (AvgIpc) is 2.63. The summed E-state index contributed by atoms with van der Waals surface area (Å²) in [4.78, 5) is 16.6. The second-order valence-corrected chi connectivity index (χ2v) is 7.77. The van der Waals surface area contributed by atoms with E-state index in [9.17, 15) is 13.2 Å². The minimum absolute atomic E-state index is 0.139. The van der Waals surface area contributed by atoms with Crippen molar-refractivity contribution in [3.05, 3.63) is 65.9 Å². The van der Waals surface area contributed by atoms with Gasteiger partial charge in [0, 0.05) is 11.6 Å². The molecule has 1 heterocycles. The molecule has 1 aromatic heterocycles. The number of fused-ring (bicyclic) bond motifs is 1.